The average molecular weight is 666 g/mol. The van der Waals surface area contributed by atoms with E-state index in [9.17, 15) is 9.65 Å². The minimum Gasteiger partial charge on any atom is -0.383 e. The first kappa shape index (κ1) is 31.5. The number of hydrogen-bond acceptors (Lipinski definition) is 10. The number of imidazole rings is 1. The Balaban J connectivity index is 0.967. The van der Waals surface area contributed by atoms with Crippen molar-refractivity contribution in [3.8, 4) is 34.4 Å². The van der Waals surface area contributed by atoms with Gasteiger partial charge in [0.1, 0.15) is 29.0 Å². The zero-order valence-corrected chi connectivity index (χ0v) is 27.5. The minimum absolute atomic E-state index is 0.327. The number of fused-ring (bicyclic) bond motifs is 1. The van der Waals surface area contributed by atoms with Crippen molar-refractivity contribution in [3.05, 3.63) is 108 Å². The molecule has 2 aromatic carbocycles. The molecule has 0 bridgehead atoms. The van der Waals surface area contributed by atoms with Gasteiger partial charge in [0.2, 0.25) is 0 Å². The Kier molecular flexibility index (Phi) is 8.58. The van der Waals surface area contributed by atoms with Gasteiger partial charge in [-0.05, 0) is 66.9 Å². The van der Waals surface area contributed by atoms with Gasteiger partial charge in [0.15, 0.2) is 17.2 Å². The van der Waals surface area contributed by atoms with Crippen LogP contribution in [0.25, 0.3) is 39.5 Å². The van der Waals surface area contributed by atoms with E-state index in [0.29, 0.717) is 51.4 Å². The highest BCUT2D eigenvalue weighted by Crippen LogP contribution is 2.32. The summed E-state index contributed by atoms with van der Waals surface area (Å²) in [5.41, 5.74) is 11.8. The number of piperazine rings is 1. The van der Waals surface area contributed by atoms with Gasteiger partial charge in [-0.15, -0.1) is 0 Å². The number of anilines is 2. The Bertz CT molecular complexity index is 2180. The fraction of sp³-hybridized carbons (Fsp3) is 0.263. The second-order valence-corrected chi connectivity index (χ2v) is 12.8. The molecule has 0 radical (unpaired) electrons. The molecule has 2 saturated heterocycles. The summed E-state index contributed by atoms with van der Waals surface area (Å²) in [6.07, 6.45) is 7.07. The molecule has 50 heavy (non-hydrogen) atoms. The Morgan fingerprint density at radius 1 is 0.820 bits per heavy atom. The number of pyridine rings is 2. The van der Waals surface area contributed by atoms with Crippen LogP contribution in [0.2, 0.25) is 0 Å². The van der Waals surface area contributed by atoms with Crippen LogP contribution in [0.5, 0.6) is 0 Å². The van der Waals surface area contributed by atoms with Gasteiger partial charge in [0, 0.05) is 69.3 Å². The van der Waals surface area contributed by atoms with Gasteiger partial charge < -0.3 is 10.6 Å². The van der Waals surface area contributed by atoms with Crippen LogP contribution in [-0.2, 0) is 6.54 Å². The van der Waals surface area contributed by atoms with E-state index < -0.39 is 0 Å². The molecule has 0 saturated carbocycles. The highest BCUT2D eigenvalue weighted by atomic mass is 19.1. The molecule has 12 heteroatoms. The number of piperidine rings is 1. The minimum atomic E-state index is -0.327. The second kappa shape index (κ2) is 13.6. The van der Waals surface area contributed by atoms with Crippen molar-refractivity contribution in [3.63, 3.8) is 0 Å². The highest BCUT2D eigenvalue weighted by molar-refractivity contribution is 5.84. The lowest BCUT2D eigenvalue weighted by Crippen LogP contribution is -2.53. The molecule has 2 fully saturated rings. The van der Waals surface area contributed by atoms with Crippen LogP contribution < -0.4 is 10.6 Å². The van der Waals surface area contributed by atoms with E-state index in [0.717, 1.165) is 70.2 Å². The van der Waals surface area contributed by atoms with Gasteiger partial charge in [-0.1, -0.05) is 24.3 Å². The zero-order valence-electron chi connectivity index (χ0n) is 27.5. The lowest BCUT2D eigenvalue weighted by molar-refractivity contribution is 0.0811. The number of halogens is 1. The van der Waals surface area contributed by atoms with Crippen molar-refractivity contribution < 1.29 is 4.39 Å². The van der Waals surface area contributed by atoms with Crippen molar-refractivity contribution in [2.75, 3.05) is 49.9 Å². The predicted octanol–water partition coefficient (Wildman–Crippen LogP) is 5.32. The van der Waals surface area contributed by atoms with Gasteiger partial charge in [0.05, 0.1) is 23.7 Å². The molecule has 6 heterocycles. The predicted molar refractivity (Wildman–Crippen MR) is 191 cm³/mol. The quantitative estimate of drug-likeness (QED) is 0.239. The summed E-state index contributed by atoms with van der Waals surface area (Å²) in [5, 5.41) is 9.18. The molecule has 0 aliphatic carbocycles. The molecule has 4 aromatic heterocycles. The fourth-order valence-corrected chi connectivity index (χ4v) is 7.13. The van der Waals surface area contributed by atoms with Crippen molar-refractivity contribution in [2.24, 2.45) is 0 Å². The molecule has 0 unspecified atom stereocenters. The van der Waals surface area contributed by atoms with Gasteiger partial charge in [-0.2, -0.15) is 5.26 Å². The number of benzene rings is 2. The number of aromatic nitrogens is 6. The second-order valence-electron chi connectivity index (χ2n) is 12.8. The monoisotopic (exact) mass is 665 g/mol. The van der Waals surface area contributed by atoms with Crippen molar-refractivity contribution in [1.29, 1.82) is 5.26 Å². The van der Waals surface area contributed by atoms with E-state index in [2.05, 4.69) is 60.0 Å². The van der Waals surface area contributed by atoms with E-state index in [1.54, 1.807) is 36.7 Å². The number of hydrogen-bond donors (Lipinski definition) is 1. The standard InChI is InChI=1S/C38H36FN11/c39-32-6-2-1-4-30(32)33-11-12-34-38(45-33)50(37(46-34)31-5-3-15-43-36(31)41)29-9-7-26(8-10-29)25-47-18-20-48(21-19-47)28-13-16-49(17-14-28)35-24-42-23-27(22-40)44-35/h1-12,15,23-24,28H,13-14,16-21,25H2,(H2,41,43). The van der Waals surface area contributed by atoms with Crippen LogP contribution in [0.1, 0.15) is 24.1 Å². The molecule has 6 aromatic rings. The molecule has 0 spiro atoms. The molecule has 250 valence electrons. The summed E-state index contributed by atoms with van der Waals surface area (Å²) < 4.78 is 16.7. The summed E-state index contributed by atoms with van der Waals surface area (Å²) in [6.45, 7) is 6.81. The molecule has 0 amide bonds. The van der Waals surface area contributed by atoms with Crippen LogP contribution in [0.4, 0.5) is 16.0 Å². The first-order chi connectivity index (χ1) is 24.5. The lowest BCUT2D eigenvalue weighted by atomic mass is 10.0. The topological polar surface area (TPSA) is 129 Å². The molecule has 2 N–H and O–H groups in total. The van der Waals surface area contributed by atoms with E-state index in [1.165, 1.54) is 17.8 Å². The van der Waals surface area contributed by atoms with Crippen molar-refractivity contribution in [2.45, 2.75) is 25.4 Å². The lowest BCUT2D eigenvalue weighted by Gasteiger charge is -2.43. The SMILES string of the molecule is N#Cc1cncc(N2CCC(N3CCN(Cc4ccc(-n5c(-c6cccnc6N)nc6ccc(-c7ccccc7F)nc65)cc4)CC3)CC2)n1. The summed E-state index contributed by atoms with van der Waals surface area (Å²) >= 11 is 0. The van der Waals surface area contributed by atoms with Crippen molar-refractivity contribution in [1.82, 2.24) is 39.3 Å². The third kappa shape index (κ3) is 6.24. The third-order valence-electron chi connectivity index (χ3n) is 9.78. The molecule has 11 nitrogen and oxygen atoms in total. The molecule has 2 aliphatic rings. The van der Waals surface area contributed by atoms with Gasteiger partial charge >= 0.3 is 0 Å². The van der Waals surface area contributed by atoms with E-state index in [4.69, 9.17) is 15.7 Å². The Hall–Kier alpha value is -5.77. The Labute approximate surface area is 289 Å². The fourth-order valence-electron chi connectivity index (χ4n) is 7.13. The van der Waals surface area contributed by atoms with Crippen LogP contribution in [0.15, 0.2) is 91.4 Å². The third-order valence-corrected chi connectivity index (χ3v) is 9.78. The normalized spacial score (nSPS) is 16.1. The average Bonchev–Trinajstić information content (AvgIpc) is 3.54. The maximum Gasteiger partial charge on any atom is 0.165 e. The number of nitriles is 1. The maximum absolute atomic E-state index is 14.8. The van der Waals surface area contributed by atoms with Gasteiger partial charge in [-0.25, -0.2) is 24.3 Å². The van der Waals surface area contributed by atoms with E-state index in [1.807, 2.05) is 22.8 Å². The van der Waals surface area contributed by atoms with E-state index in [-0.39, 0.29) is 5.82 Å². The summed E-state index contributed by atoms with van der Waals surface area (Å²) in [5.74, 6) is 1.47. The van der Waals surface area contributed by atoms with Gasteiger partial charge in [0.25, 0.3) is 0 Å². The number of nitrogens with zero attached hydrogens (tertiary/aromatic N) is 10. The number of rotatable bonds is 7. The van der Waals surface area contributed by atoms with Gasteiger partial charge in [-0.3, -0.25) is 19.4 Å². The number of nitrogens with two attached hydrogens (primary N) is 1. The maximum atomic E-state index is 14.8. The molecule has 2 aliphatic heterocycles. The van der Waals surface area contributed by atoms with Crippen LogP contribution in [0.3, 0.4) is 0 Å². The van der Waals surface area contributed by atoms with E-state index >= 15 is 0 Å². The van der Waals surface area contributed by atoms with Crippen LogP contribution >= 0.6 is 0 Å². The summed E-state index contributed by atoms with van der Waals surface area (Å²) in [6, 6.07) is 25.2. The first-order valence-corrected chi connectivity index (χ1v) is 16.9. The summed E-state index contributed by atoms with van der Waals surface area (Å²) in [7, 11) is 0. The molecule has 0 atom stereocenters. The summed E-state index contributed by atoms with van der Waals surface area (Å²) in [4.78, 5) is 30.1. The molecule has 8 rings (SSSR count). The van der Waals surface area contributed by atoms with Crippen LogP contribution in [0, 0.1) is 17.1 Å². The first-order valence-electron chi connectivity index (χ1n) is 16.9. The van der Waals surface area contributed by atoms with Crippen LogP contribution in [-0.4, -0.2) is 84.6 Å². The van der Waals surface area contributed by atoms with Crippen molar-refractivity contribution >= 4 is 22.8 Å². The molecular formula is C38H36FN11. The largest absolute Gasteiger partial charge is 0.383 e. The highest BCUT2D eigenvalue weighted by Gasteiger charge is 2.28. The number of nitrogen functional groups attached to an aromatic ring is 1. The smallest absolute Gasteiger partial charge is 0.165 e. The Morgan fingerprint density at radius 3 is 2.36 bits per heavy atom. The molecular weight excluding hydrogens is 629 g/mol. The zero-order chi connectivity index (χ0) is 34.0. The Morgan fingerprint density at radius 2 is 1.60 bits per heavy atom.